The SMILES string of the molecule is CNC(=O)CC1(O)CCCN(C(=O)c2cc(Br)co2)C1. The zero-order valence-corrected chi connectivity index (χ0v) is 12.8. The normalized spacial score (nSPS) is 22.6. The number of furan rings is 1. The summed E-state index contributed by atoms with van der Waals surface area (Å²) >= 11 is 3.22. The lowest BCUT2D eigenvalue weighted by Crippen LogP contribution is -2.52. The number of nitrogens with one attached hydrogen (secondary N) is 1. The van der Waals surface area contributed by atoms with Crippen LogP contribution in [0.1, 0.15) is 29.8 Å². The van der Waals surface area contributed by atoms with Gasteiger partial charge in [0.1, 0.15) is 6.26 Å². The Morgan fingerprint density at radius 2 is 2.35 bits per heavy atom. The van der Waals surface area contributed by atoms with E-state index in [2.05, 4.69) is 21.2 Å². The average molecular weight is 345 g/mol. The minimum atomic E-state index is -1.17. The van der Waals surface area contributed by atoms with E-state index in [-0.39, 0.29) is 30.5 Å². The molecule has 110 valence electrons. The summed E-state index contributed by atoms with van der Waals surface area (Å²) in [5.41, 5.74) is -1.17. The molecular formula is C13H17BrN2O4. The fourth-order valence-corrected chi connectivity index (χ4v) is 2.70. The van der Waals surface area contributed by atoms with Gasteiger partial charge in [0.25, 0.3) is 5.91 Å². The van der Waals surface area contributed by atoms with Crippen molar-refractivity contribution < 1.29 is 19.1 Å². The summed E-state index contributed by atoms with van der Waals surface area (Å²) in [5.74, 6) is -0.283. The minimum Gasteiger partial charge on any atom is -0.458 e. The fraction of sp³-hybridized carbons (Fsp3) is 0.538. The number of aliphatic hydroxyl groups is 1. The lowest BCUT2D eigenvalue weighted by molar-refractivity contribution is -0.127. The highest BCUT2D eigenvalue weighted by Gasteiger charge is 2.37. The first-order valence-electron chi connectivity index (χ1n) is 6.40. The number of β-amino-alcohol motifs (C(OH)–C–C–N with tert-alkyl or cyclic N) is 1. The number of amides is 2. The summed E-state index contributed by atoms with van der Waals surface area (Å²) in [6, 6.07) is 1.59. The second-order valence-corrected chi connectivity index (χ2v) is 5.95. The summed E-state index contributed by atoms with van der Waals surface area (Å²) < 4.78 is 5.84. The number of carbonyl (C=O) groups is 2. The lowest BCUT2D eigenvalue weighted by Gasteiger charge is -2.38. The molecule has 1 saturated heterocycles. The highest BCUT2D eigenvalue weighted by atomic mass is 79.9. The molecule has 0 aliphatic carbocycles. The van der Waals surface area contributed by atoms with E-state index in [0.29, 0.717) is 23.9 Å². The average Bonchev–Trinajstić information content (AvgIpc) is 2.84. The molecule has 2 rings (SSSR count). The Labute approximate surface area is 125 Å². The van der Waals surface area contributed by atoms with Crippen LogP contribution < -0.4 is 5.32 Å². The van der Waals surface area contributed by atoms with Gasteiger partial charge in [-0.15, -0.1) is 0 Å². The quantitative estimate of drug-likeness (QED) is 0.861. The number of likely N-dealkylation sites (tertiary alicyclic amines) is 1. The van der Waals surface area contributed by atoms with Gasteiger partial charge < -0.3 is 19.7 Å². The Balaban J connectivity index is 2.06. The van der Waals surface area contributed by atoms with E-state index >= 15 is 0 Å². The van der Waals surface area contributed by atoms with Gasteiger partial charge in [-0.25, -0.2) is 0 Å². The number of piperidine rings is 1. The van der Waals surface area contributed by atoms with Crippen LogP contribution in [0.4, 0.5) is 0 Å². The van der Waals surface area contributed by atoms with E-state index in [1.807, 2.05) is 0 Å². The first-order valence-corrected chi connectivity index (χ1v) is 7.19. The van der Waals surface area contributed by atoms with Crippen molar-refractivity contribution in [1.29, 1.82) is 0 Å². The summed E-state index contributed by atoms with van der Waals surface area (Å²) in [4.78, 5) is 25.2. The van der Waals surface area contributed by atoms with E-state index in [4.69, 9.17) is 4.42 Å². The molecule has 1 aromatic rings. The van der Waals surface area contributed by atoms with Crippen LogP contribution in [-0.4, -0.2) is 47.6 Å². The number of hydrogen-bond acceptors (Lipinski definition) is 4. The first-order chi connectivity index (χ1) is 9.43. The Morgan fingerprint density at radius 3 is 2.95 bits per heavy atom. The van der Waals surface area contributed by atoms with Crippen molar-refractivity contribution in [2.75, 3.05) is 20.1 Å². The van der Waals surface area contributed by atoms with Crippen molar-refractivity contribution in [1.82, 2.24) is 10.2 Å². The molecule has 0 bridgehead atoms. The van der Waals surface area contributed by atoms with Gasteiger partial charge in [0.05, 0.1) is 23.0 Å². The molecule has 1 aliphatic heterocycles. The molecule has 0 saturated carbocycles. The van der Waals surface area contributed by atoms with Crippen molar-refractivity contribution in [2.45, 2.75) is 24.9 Å². The van der Waals surface area contributed by atoms with E-state index in [1.54, 1.807) is 6.07 Å². The van der Waals surface area contributed by atoms with Crippen molar-refractivity contribution in [3.63, 3.8) is 0 Å². The smallest absolute Gasteiger partial charge is 0.289 e. The largest absolute Gasteiger partial charge is 0.458 e. The van der Waals surface area contributed by atoms with E-state index in [1.165, 1.54) is 18.2 Å². The Morgan fingerprint density at radius 1 is 1.60 bits per heavy atom. The topological polar surface area (TPSA) is 82.8 Å². The van der Waals surface area contributed by atoms with Crippen LogP contribution in [-0.2, 0) is 4.79 Å². The molecular weight excluding hydrogens is 328 g/mol. The third-order valence-electron chi connectivity index (χ3n) is 3.39. The molecule has 2 amide bonds. The molecule has 20 heavy (non-hydrogen) atoms. The van der Waals surface area contributed by atoms with Gasteiger partial charge in [0.2, 0.25) is 5.91 Å². The van der Waals surface area contributed by atoms with Gasteiger partial charge in [0.15, 0.2) is 5.76 Å². The first kappa shape index (κ1) is 15.1. The highest BCUT2D eigenvalue weighted by molar-refractivity contribution is 9.10. The second kappa shape index (κ2) is 5.97. The Bertz CT molecular complexity index is 516. The monoisotopic (exact) mass is 344 g/mol. The number of nitrogens with zero attached hydrogens (tertiary/aromatic N) is 1. The van der Waals surface area contributed by atoms with Gasteiger partial charge in [-0.1, -0.05) is 0 Å². The fourth-order valence-electron chi connectivity index (χ4n) is 2.40. The number of halogens is 1. The van der Waals surface area contributed by atoms with Crippen molar-refractivity contribution in [3.05, 3.63) is 22.6 Å². The van der Waals surface area contributed by atoms with E-state index < -0.39 is 5.60 Å². The minimum absolute atomic E-state index is 0.00483. The van der Waals surface area contributed by atoms with Crippen LogP contribution in [0.3, 0.4) is 0 Å². The summed E-state index contributed by atoms with van der Waals surface area (Å²) in [6.07, 6.45) is 2.59. The molecule has 1 atom stereocenters. The third-order valence-corrected chi connectivity index (χ3v) is 3.81. The summed E-state index contributed by atoms with van der Waals surface area (Å²) in [5, 5.41) is 12.9. The number of hydrogen-bond donors (Lipinski definition) is 2. The molecule has 1 aromatic heterocycles. The van der Waals surface area contributed by atoms with Crippen LogP contribution in [0.25, 0.3) is 0 Å². The van der Waals surface area contributed by atoms with Gasteiger partial charge >= 0.3 is 0 Å². The molecule has 7 heteroatoms. The lowest BCUT2D eigenvalue weighted by atomic mass is 9.89. The molecule has 0 radical (unpaired) electrons. The zero-order valence-electron chi connectivity index (χ0n) is 11.2. The van der Waals surface area contributed by atoms with Gasteiger partial charge in [-0.2, -0.15) is 0 Å². The predicted molar refractivity (Wildman–Crippen MR) is 75.2 cm³/mol. The van der Waals surface area contributed by atoms with Crippen LogP contribution in [0, 0.1) is 0 Å². The van der Waals surface area contributed by atoms with Gasteiger partial charge in [0, 0.05) is 19.7 Å². The van der Waals surface area contributed by atoms with Crippen molar-refractivity contribution in [2.24, 2.45) is 0 Å². The van der Waals surface area contributed by atoms with Crippen LogP contribution in [0.15, 0.2) is 21.2 Å². The summed E-state index contributed by atoms with van der Waals surface area (Å²) in [7, 11) is 1.53. The van der Waals surface area contributed by atoms with Crippen LogP contribution >= 0.6 is 15.9 Å². The molecule has 0 spiro atoms. The number of rotatable bonds is 3. The molecule has 6 nitrogen and oxygen atoms in total. The predicted octanol–water partition coefficient (Wildman–Crippen LogP) is 1.15. The Hall–Kier alpha value is -1.34. The standard InChI is InChI=1S/C13H17BrN2O4/c1-15-11(17)6-13(19)3-2-4-16(8-13)12(18)10-5-9(14)7-20-10/h5,7,19H,2-4,6,8H2,1H3,(H,15,17). The highest BCUT2D eigenvalue weighted by Crippen LogP contribution is 2.26. The molecule has 2 heterocycles. The maximum absolute atomic E-state index is 12.3. The maximum Gasteiger partial charge on any atom is 0.289 e. The second-order valence-electron chi connectivity index (χ2n) is 5.03. The molecule has 1 fully saturated rings. The van der Waals surface area contributed by atoms with Crippen molar-refractivity contribution in [3.8, 4) is 0 Å². The van der Waals surface area contributed by atoms with Gasteiger partial charge in [-0.05, 0) is 28.8 Å². The van der Waals surface area contributed by atoms with Crippen LogP contribution in [0.5, 0.6) is 0 Å². The zero-order chi connectivity index (χ0) is 14.8. The van der Waals surface area contributed by atoms with Gasteiger partial charge in [-0.3, -0.25) is 9.59 Å². The van der Waals surface area contributed by atoms with E-state index in [0.717, 1.165) is 0 Å². The molecule has 1 aliphatic rings. The maximum atomic E-state index is 12.3. The third kappa shape index (κ3) is 3.40. The van der Waals surface area contributed by atoms with E-state index in [9.17, 15) is 14.7 Å². The van der Waals surface area contributed by atoms with Crippen LogP contribution in [0.2, 0.25) is 0 Å². The number of carbonyl (C=O) groups excluding carboxylic acids is 2. The Kier molecular flexibility index (Phi) is 4.49. The molecule has 1 unspecified atom stereocenters. The molecule has 0 aromatic carbocycles. The van der Waals surface area contributed by atoms with Crippen molar-refractivity contribution >= 4 is 27.7 Å². The summed E-state index contributed by atoms with van der Waals surface area (Å²) in [6.45, 7) is 0.685. The molecule has 2 N–H and O–H groups in total.